The fraction of sp³-hybridized carbons (Fsp3) is 0.500. The Morgan fingerprint density at radius 3 is 2.39 bits per heavy atom. The number of nitriles is 1. The first-order valence-corrected chi connectivity index (χ1v) is 6.02. The lowest BCUT2D eigenvalue weighted by Crippen LogP contribution is -2.52. The zero-order chi connectivity index (χ0) is 13.8. The minimum absolute atomic E-state index is 0.233. The van der Waals surface area contributed by atoms with Gasteiger partial charge in [-0.25, -0.2) is 4.39 Å². The molecule has 1 aromatic rings. The van der Waals surface area contributed by atoms with Crippen molar-refractivity contribution < 1.29 is 4.39 Å². The molecular formula is C14H20FN3. The van der Waals surface area contributed by atoms with Crippen molar-refractivity contribution in [1.29, 1.82) is 5.26 Å². The van der Waals surface area contributed by atoms with E-state index >= 15 is 0 Å². The third-order valence-electron chi connectivity index (χ3n) is 2.67. The molecule has 1 rings (SSSR count). The van der Waals surface area contributed by atoms with Crippen LogP contribution in [0.1, 0.15) is 20.8 Å². The average molecular weight is 249 g/mol. The van der Waals surface area contributed by atoms with E-state index < -0.39 is 5.54 Å². The molecule has 0 radical (unpaired) electrons. The van der Waals surface area contributed by atoms with E-state index in [0.717, 1.165) is 5.69 Å². The van der Waals surface area contributed by atoms with E-state index in [4.69, 9.17) is 0 Å². The highest BCUT2D eigenvalue weighted by Gasteiger charge is 2.26. The van der Waals surface area contributed by atoms with E-state index in [2.05, 4.69) is 11.4 Å². The Balaban J connectivity index is 2.76. The van der Waals surface area contributed by atoms with Crippen LogP contribution in [-0.2, 0) is 0 Å². The minimum Gasteiger partial charge on any atom is -0.372 e. The summed E-state index contributed by atoms with van der Waals surface area (Å²) >= 11 is 0. The normalized spacial score (nSPS) is 14.1. The van der Waals surface area contributed by atoms with Gasteiger partial charge in [0.1, 0.15) is 11.4 Å². The van der Waals surface area contributed by atoms with E-state index in [9.17, 15) is 9.65 Å². The summed E-state index contributed by atoms with van der Waals surface area (Å²) in [5, 5.41) is 12.5. The third kappa shape index (κ3) is 4.01. The van der Waals surface area contributed by atoms with Crippen molar-refractivity contribution in [2.45, 2.75) is 32.4 Å². The van der Waals surface area contributed by atoms with Crippen molar-refractivity contribution in [2.75, 3.05) is 18.5 Å². The van der Waals surface area contributed by atoms with Gasteiger partial charge < -0.3 is 4.90 Å². The Kier molecular flexibility index (Phi) is 4.69. The molecule has 0 amide bonds. The molecule has 0 aliphatic carbocycles. The summed E-state index contributed by atoms with van der Waals surface area (Å²) in [6.45, 7) is 6.42. The first-order chi connectivity index (χ1) is 8.36. The topological polar surface area (TPSA) is 39.1 Å². The van der Waals surface area contributed by atoms with Crippen molar-refractivity contribution in [3.8, 4) is 6.07 Å². The molecule has 0 saturated carbocycles. The highest BCUT2D eigenvalue weighted by Crippen LogP contribution is 2.16. The summed E-state index contributed by atoms with van der Waals surface area (Å²) in [5.74, 6) is -0.254. The van der Waals surface area contributed by atoms with Gasteiger partial charge in [-0.2, -0.15) is 5.26 Å². The second-order valence-corrected chi connectivity index (χ2v) is 5.08. The third-order valence-corrected chi connectivity index (χ3v) is 2.67. The molecule has 1 atom stereocenters. The standard InChI is InChI=1S/C14H20FN3/c1-11(2)17-14(3,9-16)10-18(4)13-7-5-12(15)6-8-13/h5-8,11,17H,10H2,1-4H3. The molecule has 0 bridgehead atoms. The smallest absolute Gasteiger partial charge is 0.123 e. The van der Waals surface area contributed by atoms with Crippen LogP contribution in [0.15, 0.2) is 24.3 Å². The summed E-state index contributed by atoms with van der Waals surface area (Å²) in [6.07, 6.45) is 0. The van der Waals surface area contributed by atoms with Crippen LogP contribution in [0, 0.1) is 17.1 Å². The van der Waals surface area contributed by atoms with E-state index in [1.807, 2.05) is 32.7 Å². The van der Waals surface area contributed by atoms with Gasteiger partial charge in [-0.3, -0.25) is 5.32 Å². The summed E-state index contributed by atoms with van der Waals surface area (Å²) in [4.78, 5) is 1.94. The Hall–Kier alpha value is -1.60. The summed E-state index contributed by atoms with van der Waals surface area (Å²) in [7, 11) is 1.89. The van der Waals surface area contributed by atoms with Crippen LogP contribution >= 0.6 is 0 Å². The Morgan fingerprint density at radius 2 is 1.94 bits per heavy atom. The first-order valence-electron chi connectivity index (χ1n) is 6.02. The maximum absolute atomic E-state index is 12.8. The van der Waals surface area contributed by atoms with Crippen LogP contribution in [0.2, 0.25) is 0 Å². The second-order valence-electron chi connectivity index (χ2n) is 5.08. The quantitative estimate of drug-likeness (QED) is 0.871. The van der Waals surface area contributed by atoms with Crippen LogP contribution in [0.3, 0.4) is 0 Å². The number of anilines is 1. The van der Waals surface area contributed by atoms with E-state index in [-0.39, 0.29) is 11.9 Å². The SMILES string of the molecule is CC(C)NC(C)(C#N)CN(C)c1ccc(F)cc1. The molecule has 3 nitrogen and oxygen atoms in total. The Labute approximate surface area is 108 Å². The maximum atomic E-state index is 12.8. The monoisotopic (exact) mass is 249 g/mol. The fourth-order valence-electron chi connectivity index (χ4n) is 2.01. The van der Waals surface area contributed by atoms with Crippen molar-refractivity contribution in [3.05, 3.63) is 30.1 Å². The molecule has 4 heteroatoms. The van der Waals surface area contributed by atoms with Gasteiger partial charge in [-0.15, -0.1) is 0 Å². The highest BCUT2D eigenvalue weighted by molar-refractivity contribution is 5.46. The molecule has 1 N–H and O–H groups in total. The van der Waals surface area contributed by atoms with Gasteiger partial charge in [0.2, 0.25) is 0 Å². The zero-order valence-electron chi connectivity index (χ0n) is 11.4. The lowest BCUT2D eigenvalue weighted by atomic mass is 10.0. The van der Waals surface area contributed by atoms with Crippen molar-refractivity contribution in [1.82, 2.24) is 5.32 Å². The predicted molar refractivity (Wildman–Crippen MR) is 72.0 cm³/mol. The van der Waals surface area contributed by atoms with Crippen LogP contribution in [0.5, 0.6) is 0 Å². The fourth-order valence-corrected chi connectivity index (χ4v) is 2.01. The first kappa shape index (κ1) is 14.5. The van der Waals surface area contributed by atoms with Gasteiger partial charge in [0.15, 0.2) is 0 Å². The molecule has 0 spiro atoms. The van der Waals surface area contributed by atoms with Gasteiger partial charge >= 0.3 is 0 Å². The number of hydrogen-bond acceptors (Lipinski definition) is 3. The van der Waals surface area contributed by atoms with Gasteiger partial charge in [0, 0.05) is 25.3 Å². The number of likely N-dealkylation sites (N-methyl/N-ethyl adjacent to an activating group) is 1. The number of halogens is 1. The lowest BCUT2D eigenvalue weighted by molar-refractivity contribution is 0.408. The highest BCUT2D eigenvalue weighted by atomic mass is 19.1. The van der Waals surface area contributed by atoms with E-state index in [0.29, 0.717) is 6.54 Å². The Morgan fingerprint density at radius 1 is 1.39 bits per heavy atom. The van der Waals surface area contributed by atoms with Gasteiger partial charge in [-0.05, 0) is 45.0 Å². The molecule has 0 aromatic heterocycles. The molecular weight excluding hydrogens is 229 g/mol. The van der Waals surface area contributed by atoms with E-state index in [1.165, 1.54) is 12.1 Å². The lowest BCUT2D eigenvalue weighted by Gasteiger charge is -2.31. The van der Waals surface area contributed by atoms with Gasteiger partial charge in [-0.1, -0.05) is 0 Å². The molecule has 0 fully saturated rings. The summed E-state index contributed by atoms with van der Waals surface area (Å²) < 4.78 is 12.8. The van der Waals surface area contributed by atoms with Crippen molar-refractivity contribution in [2.24, 2.45) is 0 Å². The second kappa shape index (κ2) is 5.83. The van der Waals surface area contributed by atoms with Crippen LogP contribution in [0.25, 0.3) is 0 Å². The van der Waals surface area contributed by atoms with Crippen LogP contribution < -0.4 is 10.2 Å². The van der Waals surface area contributed by atoms with Crippen LogP contribution in [0.4, 0.5) is 10.1 Å². The van der Waals surface area contributed by atoms with E-state index in [1.54, 1.807) is 12.1 Å². The molecule has 98 valence electrons. The number of benzene rings is 1. The summed E-state index contributed by atoms with van der Waals surface area (Å²) in [6, 6.07) is 8.79. The van der Waals surface area contributed by atoms with Crippen molar-refractivity contribution >= 4 is 5.69 Å². The largest absolute Gasteiger partial charge is 0.372 e. The molecule has 0 saturated heterocycles. The molecule has 0 aliphatic rings. The Bertz CT molecular complexity index is 422. The number of nitrogens with zero attached hydrogens (tertiary/aromatic N) is 2. The molecule has 0 aliphatic heterocycles. The van der Waals surface area contributed by atoms with Gasteiger partial charge in [0.05, 0.1) is 6.07 Å². The molecule has 18 heavy (non-hydrogen) atoms. The number of rotatable bonds is 5. The molecule has 1 unspecified atom stereocenters. The predicted octanol–water partition coefficient (Wildman–Crippen LogP) is 2.54. The molecule has 1 aromatic carbocycles. The zero-order valence-corrected chi connectivity index (χ0v) is 11.4. The van der Waals surface area contributed by atoms with Gasteiger partial charge in [0.25, 0.3) is 0 Å². The maximum Gasteiger partial charge on any atom is 0.123 e. The van der Waals surface area contributed by atoms with Crippen LogP contribution in [-0.4, -0.2) is 25.2 Å². The number of hydrogen-bond donors (Lipinski definition) is 1. The summed E-state index contributed by atoms with van der Waals surface area (Å²) in [5.41, 5.74) is 0.264. The average Bonchev–Trinajstić information content (AvgIpc) is 2.28. The molecule has 0 heterocycles. The minimum atomic E-state index is -0.628. The number of nitrogens with one attached hydrogen (secondary N) is 1. The van der Waals surface area contributed by atoms with Crippen molar-refractivity contribution in [3.63, 3.8) is 0 Å².